The molecule has 0 saturated carbocycles. The van der Waals surface area contributed by atoms with E-state index in [9.17, 15) is 5.11 Å². The van der Waals surface area contributed by atoms with Gasteiger partial charge in [-0.2, -0.15) is 0 Å². The summed E-state index contributed by atoms with van der Waals surface area (Å²) < 4.78 is 0. The Labute approximate surface area is 119 Å². The number of rotatable bonds is 4. The van der Waals surface area contributed by atoms with Gasteiger partial charge in [0.1, 0.15) is 5.60 Å². The van der Waals surface area contributed by atoms with Gasteiger partial charge in [0, 0.05) is 5.02 Å². The molecule has 2 aromatic rings. The molecule has 0 spiro atoms. The average molecular weight is 275 g/mol. The summed E-state index contributed by atoms with van der Waals surface area (Å²) in [5, 5.41) is 11.5. The molecule has 0 radical (unpaired) electrons. The van der Waals surface area contributed by atoms with E-state index >= 15 is 0 Å². The van der Waals surface area contributed by atoms with Crippen molar-refractivity contribution in [1.82, 2.24) is 0 Å². The summed E-state index contributed by atoms with van der Waals surface area (Å²) in [6, 6.07) is 15.5. The molecule has 1 N–H and O–H groups in total. The Balaban J connectivity index is 2.41. The van der Waals surface area contributed by atoms with Gasteiger partial charge in [0.2, 0.25) is 0 Å². The van der Waals surface area contributed by atoms with E-state index in [1.807, 2.05) is 43.3 Å². The molecule has 0 fully saturated rings. The topological polar surface area (TPSA) is 20.2 Å². The molecule has 2 rings (SSSR count). The standard InChI is InChI=1S/C17H19ClO/c1-3-6-13-7-4-8-14(11-13)17(2,19)15-9-5-10-16(18)12-15/h4-5,7-12,19H,3,6H2,1-2H3. The minimum Gasteiger partial charge on any atom is -0.381 e. The molecule has 0 heterocycles. The number of benzene rings is 2. The van der Waals surface area contributed by atoms with Gasteiger partial charge in [-0.15, -0.1) is 0 Å². The quantitative estimate of drug-likeness (QED) is 0.867. The highest BCUT2D eigenvalue weighted by Crippen LogP contribution is 2.31. The van der Waals surface area contributed by atoms with E-state index in [0.29, 0.717) is 5.02 Å². The molecule has 1 nitrogen and oxygen atoms in total. The van der Waals surface area contributed by atoms with Gasteiger partial charge in [0.05, 0.1) is 0 Å². The van der Waals surface area contributed by atoms with Crippen LogP contribution >= 0.6 is 11.6 Å². The van der Waals surface area contributed by atoms with Crippen molar-refractivity contribution in [2.75, 3.05) is 0 Å². The molecule has 0 aliphatic rings. The fourth-order valence-corrected chi connectivity index (χ4v) is 2.47. The predicted octanol–water partition coefficient (Wildman–Crippen LogP) is 4.55. The van der Waals surface area contributed by atoms with Gasteiger partial charge < -0.3 is 5.11 Å². The zero-order chi connectivity index (χ0) is 13.9. The molecule has 19 heavy (non-hydrogen) atoms. The molecule has 0 aliphatic carbocycles. The summed E-state index contributed by atoms with van der Waals surface area (Å²) in [5.41, 5.74) is 1.95. The summed E-state index contributed by atoms with van der Waals surface area (Å²) >= 11 is 6.01. The Morgan fingerprint density at radius 3 is 2.32 bits per heavy atom. The van der Waals surface area contributed by atoms with Gasteiger partial charge in [0.25, 0.3) is 0 Å². The monoisotopic (exact) mass is 274 g/mol. The van der Waals surface area contributed by atoms with Crippen LogP contribution in [0.2, 0.25) is 5.02 Å². The Bertz CT molecular complexity index is 561. The predicted molar refractivity (Wildman–Crippen MR) is 80.6 cm³/mol. The zero-order valence-corrected chi connectivity index (χ0v) is 12.1. The maximum Gasteiger partial charge on any atom is 0.112 e. The third-order valence-corrected chi connectivity index (χ3v) is 3.65. The van der Waals surface area contributed by atoms with E-state index in [1.165, 1.54) is 5.56 Å². The molecule has 0 aliphatic heterocycles. The normalized spacial score (nSPS) is 14.1. The number of aliphatic hydroxyl groups is 1. The van der Waals surface area contributed by atoms with Crippen LogP contribution in [0.4, 0.5) is 0 Å². The first-order valence-corrected chi connectivity index (χ1v) is 6.99. The van der Waals surface area contributed by atoms with Crippen LogP contribution in [0.15, 0.2) is 48.5 Å². The second kappa shape index (κ2) is 5.77. The highest BCUT2D eigenvalue weighted by molar-refractivity contribution is 6.30. The molecule has 100 valence electrons. The molecule has 2 aromatic carbocycles. The largest absolute Gasteiger partial charge is 0.381 e. The molecule has 1 unspecified atom stereocenters. The number of hydrogen-bond donors (Lipinski definition) is 1. The fraction of sp³-hybridized carbons (Fsp3) is 0.294. The zero-order valence-electron chi connectivity index (χ0n) is 11.4. The lowest BCUT2D eigenvalue weighted by Crippen LogP contribution is -2.22. The molecule has 2 heteroatoms. The van der Waals surface area contributed by atoms with E-state index in [0.717, 1.165) is 24.0 Å². The van der Waals surface area contributed by atoms with Gasteiger partial charge in [-0.05, 0) is 42.2 Å². The molecular formula is C17H19ClO. The lowest BCUT2D eigenvalue weighted by molar-refractivity contribution is 0.102. The highest BCUT2D eigenvalue weighted by atomic mass is 35.5. The number of aryl methyl sites for hydroxylation is 1. The van der Waals surface area contributed by atoms with Crippen LogP contribution in [0.25, 0.3) is 0 Å². The molecule has 0 bridgehead atoms. The van der Waals surface area contributed by atoms with Gasteiger partial charge in [-0.25, -0.2) is 0 Å². The lowest BCUT2D eigenvalue weighted by atomic mass is 9.87. The van der Waals surface area contributed by atoms with Crippen LogP contribution in [0, 0.1) is 0 Å². The first-order chi connectivity index (χ1) is 9.04. The van der Waals surface area contributed by atoms with E-state index in [-0.39, 0.29) is 0 Å². The van der Waals surface area contributed by atoms with Gasteiger partial charge in [0.15, 0.2) is 0 Å². The minimum atomic E-state index is -1.02. The first-order valence-electron chi connectivity index (χ1n) is 6.62. The third kappa shape index (κ3) is 3.17. The summed E-state index contributed by atoms with van der Waals surface area (Å²) in [6.07, 6.45) is 2.13. The van der Waals surface area contributed by atoms with Crippen molar-refractivity contribution < 1.29 is 5.11 Å². The smallest absolute Gasteiger partial charge is 0.112 e. The van der Waals surface area contributed by atoms with Crippen molar-refractivity contribution in [2.45, 2.75) is 32.3 Å². The van der Waals surface area contributed by atoms with Gasteiger partial charge >= 0.3 is 0 Å². The van der Waals surface area contributed by atoms with E-state index in [2.05, 4.69) is 19.1 Å². The van der Waals surface area contributed by atoms with E-state index < -0.39 is 5.60 Å². The van der Waals surface area contributed by atoms with Crippen LogP contribution in [-0.2, 0) is 12.0 Å². The van der Waals surface area contributed by atoms with Crippen molar-refractivity contribution in [1.29, 1.82) is 0 Å². The molecular weight excluding hydrogens is 256 g/mol. The summed E-state index contributed by atoms with van der Waals surface area (Å²) in [6.45, 7) is 3.96. The second-order valence-corrected chi connectivity index (χ2v) is 5.47. The van der Waals surface area contributed by atoms with Crippen LogP contribution < -0.4 is 0 Å². The molecule has 0 aromatic heterocycles. The third-order valence-electron chi connectivity index (χ3n) is 3.41. The number of hydrogen-bond acceptors (Lipinski definition) is 1. The van der Waals surface area contributed by atoms with Crippen molar-refractivity contribution in [3.05, 3.63) is 70.2 Å². The van der Waals surface area contributed by atoms with Crippen LogP contribution in [0.5, 0.6) is 0 Å². The Hall–Kier alpha value is -1.31. The Kier molecular flexibility index (Phi) is 4.28. The van der Waals surface area contributed by atoms with Gasteiger partial charge in [-0.3, -0.25) is 0 Å². The minimum absolute atomic E-state index is 0.641. The fourth-order valence-electron chi connectivity index (χ4n) is 2.28. The summed E-state index contributed by atoms with van der Waals surface area (Å²) in [7, 11) is 0. The van der Waals surface area contributed by atoms with Crippen LogP contribution in [0.1, 0.15) is 37.0 Å². The average Bonchev–Trinajstić information content (AvgIpc) is 2.39. The van der Waals surface area contributed by atoms with E-state index in [4.69, 9.17) is 11.6 Å². The second-order valence-electron chi connectivity index (χ2n) is 5.03. The molecule has 1 atom stereocenters. The Morgan fingerprint density at radius 1 is 1.05 bits per heavy atom. The maximum atomic E-state index is 10.8. The lowest BCUT2D eigenvalue weighted by Gasteiger charge is -2.25. The van der Waals surface area contributed by atoms with Crippen molar-refractivity contribution >= 4 is 11.6 Å². The summed E-state index contributed by atoms with van der Waals surface area (Å²) in [5.74, 6) is 0. The summed E-state index contributed by atoms with van der Waals surface area (Å²) in [4.78, 5) is 0. The van der Waals surface area contributed by atoms with Crippen molar-refractivity contribution in [2.24, 2.45) is 0 Å². The highest BCUT2D eigenvalue weighted by Gasteiger charge is 2.25. The number of halogens is 1. The Morgan fingerprint density at radius 2 is 1.68 bits per heavy atom. The molecule has 0 amide bonds. The van der Waals surface area contributed by atoms with Crippen molar-refractivity contribution in [3.63, 3.8) is 0 Å². The van der Waals surface area contributed by atoms with Crippen molar-refractivity contribution in [3.8, 4) is 0 Å². The first kappa shape index (κ1) is 14.1. The van der Waals surface area contributed by atoms with Gasteiger partial charge in [-0.1, -0.05) is 61.3 Å². The van der Waals surface area contributed by atoms with Crippen LogP contribution in [-0.4, -0.2) is 5.11 Å². The maximum absolute atomic E-state index is 10.8. The van der Waals surface area contributed by atoms with E-state index in [1.54, 1.807) is 0 Å². The molecule has 0 saturated heterocycles. The van der Waals surface area contributed by atoms with Crippen LogP contribution in [0.3, 0.4) is 0 Å². The SMILES string of the molecule is CCCc1cccc(C(C)(O)c2cccc(Cl)c2)c1.